The molecule has 0 atom stereocenters. The van der Waals surface area contributed by atoms with Crippen LogP contribution < -0.4 is 9.31 Å². The Bertz CT molecular complexity index is 512. The summed E-state index contributed by atoms with van der Waals surface area (Å²) in [5.41, 5.74) is -0.321. The number of hydrogen-bond donors (Lipinski definition) is 0. The van der Waals surface area contributed by atoms with Crippen molar-refractivity contribution in [2.45, 2.75) is 93.5 Å². The Morgan fingerprint density at radius 3 is 1.14 bits per heavy atom. The molecular weight excluding hydrogens is 347 g/mol. The van der Waals surface area contributed by atoms with Gasteiger partial charge in [-0.1, -0.05) is 53.1 Å². The van der Waals surface area contributed by atoms with Gasteiger partial charge in [0.1, 0.15) is 24.9 Å². The van der Waals surface area contributed by atoms with E-state index in [9.17, 15) is 0 Å². The van der Waals surface area contributed by atoms with Crippen LogP contribution in [0.3, 0.4) is 0 Å². The zero-order valence-electron chi connectivity index (χ0n) is 20.3. The van der Waals surface area contributed by atoms with Gasteiger partial charge in [0.2, 0.25) is 0 Å². The monoisotopic (exact) mass is 388 g/mol. The maximum Gasteiger partial charge on any atom is 0.591 e. The van der Waals surface area contributed by atoms with Crippen LogP contribution in [-0.4, -0.2) is 38.9 Å². The summed E-state index contributed by atoms with van der Waals surface area (Å²) in [7, 11) is -0.192. The summed E-state index contributed by atoms with van der Waals surface area (Å²) in [6, 6.07) is 7.66. The molecule has 4 nitrogen and oxygen atoms in total. The molecule has 0 bridgehead atoms. The Morgan fingerprint density at radius 1 is 0.643 bits per heavy atom. The lowest BCUT2D eigenvalue weighted by atomic mass is 9.58. The first-order chi connectivity index (χ1) is 12.7. The van der Waals surface area contributed by atoms with Crippen LogP contribution in [0.25, 0.3) is 0 Å². The number of benzene rings is 1. The summed E-state index contributed by atoms with van der Waals surface area (Å²) in [6.45, 7) is 26.7. The van der Waals surface area contributed by atoms with Crippen LogP contribution in [0, 0.1) is 0 Å². The molecule has 0 aliphatic carbocycles. The van der Waals surface area contributed by atoms with E-state index in [0.29, 0.717) is 0 Å². The fourth-order valence-electron chi connectivity index (χ4n) is 2.16. The molecule has 28 heavy (non-hydrogen) atoms. The summed E-state index contributed by atoms with van der Waals surface area (Å²) in [6.07, 6.45) is 0. The highest BCUT2D eigenvalue weighted by Gasteiger charge is 2.48. The summed E-state index contributed by atoms with van der Waals surface area (Å²) in [5.74, 6) is 1.69. The minimum Gasteiger partial charge on any atom is -0.523 e. The second-order valence-corrected chi connectivity index (χ2v) is 9.54. The summed E-state index contributed by atoms with van der Waals surface area (Å²) < 4.78 is 21.7. The quantitative estimate of drug-likeness (QED) is 0.510. The van der Waals surface area contributed by atoms with Crippen molar-refractivity contribution in [3.63, 3.8) is 0 Å². The molecular formula is C20H40B4O4. The minimum absolute atomic E-state index is 0.0648. The van der Waals surface area contributed by atoms with E-state index < -0.39 is 0 Å². The van der Waals surface area contributed by atoms with Crippen LogP contribution >= 0.6 is 0 Å². The highest BCUT2D eigenvalue weighted by atomic mass is 16.7. The first-order valence-electron chi connectivity index (χ1n) is 10.5. The van der Waals surface area contributed by atoms with Gasteiger partial charge >= 0.3 is 14.2 Å². The van der Waals surface area contributed by atoms with E-state index in [0.717, 1.165) is 24.9 Å². The number of para-hydroxylation sites is 2. The molecule has 0 amide bonds. The molecule has 156 valence electrons. The molecule has 0 aromatic heterocycles. The Kier molecular flexibility index (Phi) is 11.4. The fraction of sp³-hybridized carbons (Fsp3) is 0.700. The molecule has 1 fully saturated rings. The number of hydrogen-bond acceptors (Lipinski definition) is 4. The molecule has 2 aliphatic heterocycles. The SMILES string of the molecule is CB(C)C.CB(C)C.CB1OC(C)(C)C(C)(C)O1.CB1Oc2ccccc2O1. The normalized spacial score (nSPS) is 17.3. The van der Waals surface area contributed by atoms with Crippen molar-refractivity contribution in [3.05, 3.63) is 24.3 Å². The van der Waals surface area contributed by atoms with Gasteiger partial charge in [-0.05, 0) is 53.5 Å². The molecule has 0 unspecified atom stereocenters. The third-order valence-electron chi connectivity index (χ3n) is 3.81. The molecule has 2 heterocycles. The second kappa shape index (κ2) is 11.9. The molecule has 0 saturated carbocycles. The van der Waals surface area contributed by atoms with Crippen molar-refractivity contribution >= 4 is 27.7 Å². The van der Waals surface area contributed by atoms with Crippen molar-refractivity contribution < 1.29 is 18.6 Å². The molecule has 8 heteroatoms. The van der Waals surface area contributed by atoms with Crippen molar-refractivity contribution in [1.29, 1.82) is 0 Å². The van der Waals surface area contributed by atoms with Crippen LogP contribution in [0.4, 0.5) is 0 Å². The smallest absolute Gasteiger partial charge is 0.523 e. The number of fused-ring (bicyclic) bond motifs is 1. The van der Waals surface area contributed by atoms with Crippen LogP contribution in [0.5, 0.6) is 11.5 Å². The summed E-state index contributed by atoms with van der Waals surface area (Å²) in [5, 5.41) is 0. The molecule has 0 N–H and O–H groups in total. The molecule has 3 rings (SSSR count). The lowest BCUT2D eigenvalue weighted by Crippen LogP contribution is -2.41. The molecule has 2 aliphatic rings. The van der Waals surface area contributed by atoms with Gasteiger partial charge in [0.25, 0.3) is 0 Å². The first-order valence-corrected chi connectivity index (χ1v) is 10.5. The van der Waals surface area contributed by atoms with Gasteiger partial charge < -0.3 is 18.6 Å². The zero-order chi connectivity index (χ0) is 22.1. The van der Waals surface area contributed by atoms with Crippen LogP contribution in [0.2, 0.25) is 54.6 Å². The van der Waals surface area contributed by atoms with Crippen molar-refractivity contribution in [2.75, 3.05) is 0 Å². The molecule has 1 aromatic rings. The van der Waals surface area contributed by atoms with Crippen molar-refractivity contribution in [3.8, 4) is 11.5 Å². The van der Waals surface area contributed by atoms with Gasteiger partial charge in [-0.25, -0.2) is 0 Å². The van der Waals surface area contributed by atoms with E-state index in [-0.39, 0.29) is 25.4 Å². The lowest BCUT2D eigenvalue weighted by Gasteiger charge is -2.32. The van der Waals surface area contributed by atoms with E-state index in [1.165, 1.54) is 0 Å². The van der Waals surface area contributed by atoms with E-state index in [2.05, 4.69) is 68.6 Å². The molecule has 1 saturated heterocycles. The predicted octanol–water partition coefficient (Wildman–Crippen LogP) is 6.03. The second-order valence-electron chi connectivity index (χ2n) is 9.54. The van der Waals surface area contributed by atoms with Crippen LogP contribution in [-0.2, 0) is 9.31 Å². The Hall–Kier alpha value is -1.00. The molecule has 0 spiro atoms. The Morgan fingerprint density at radius 2 is 0.929 bits per heavy atom. The largest absolute Gasteiger partial charge is 0.591 e. The number of rotatable bonds is 0. The van der Waals surface area contributed by atoms with E-state index in [1.54, 1.807) is 0 Å². The maximum atomic E-state index is 5.54. The van der Waals surface area contributed by atoms with Crippen molar-refractivity contribution in [1.82, 2.24) is 0 Å². The Labute approximate surface area is 175 Å². The third-order valence-corrected chi connectivity index (χ3v) is 3.81. The zero-order valence-corrected chi connectivity index (χ0v) is 20.3. The average molecular weight is 388 g/mol. The predicted molar refractivity (Wildman–Crippen MR) is 128 cm³/mol. The maximum absolute atomic E-state index is 5.54. The molecule has 1 aromatic carbocycles. The van der Waals surface area contributed by atoms with Crippen LogP contribution in [0.15, 0.2) is 24.3 Å². The lowest BCUT2D eigenvalue weighted by molar-refractivity contribution is 0.00578. The van der Waals surface area contributed by atoms with Gasteiger partial charge in [0.15, 0.2) is 0 Å². The van der Waals surface area contributed by atoms with Gasteiger partial charge in [-0.3, -0.25) is 0 Å². The van der Waals surface area contributed by atoms with Gasteiger partial charge in [-0.15, -0.1) is 0 Å². The highest BCUT2D eigenvalue weighted by molar-refractivity contribution is 6.54. The molecule has 0 radical (unpaired) electrons. The fourth-order valence-corrected chi connectivity index (χ4v) is 2.16. The Balaban J connectivity index is 0.000000382. The summed E-state index contributed by atoms with van der Waals surface area (Å²) in [4.78, 5) is 0. The van der Waals surface area contributed by atoms with Crippen molar-refractivity contribution in [2.24, 2.45) is 0 Å². The standard InChI is InChI=1S/C7H7BO2.C7H15BO2.2C3H9B/c1-8-9-6-4-2-3-5-7(6)10-8;1-6(2)7(3,4)10-8(5)9-6;2*1-4(2)3/h2-5H,1H3;1-5H3;2*1-3H3. The van der Waals surface area contributed by atoms with Gasteiger partial charge in [0.05, 0.1) is 11.2 Å². The van der Waals surface area contributed by atoms with E-state index in [1.807, 2.05) is 37.9 Å². The topological polar surface area (TPSA) is 36.9 Å². The van der Waals surface area contributed by atoms with E-state index >= 15 is 0 Å². The summed E-state index contributed by atoms with van der Waals surface area (Å²) >= 11 is 0. The first kappa shape index (κ1) is 27.0. The third kappa shape index (κ3) is 10.5. The van der Waals surface area contributed by atoms with Crippen LogP contribution in [0.1, 0.15) is 27.7 Å². The average Bonchev–Trinajstić information content (AvgIpc) is 2.93. The van der Waals surface area contributed by atoms with Gasteiger partial charge in [-0.2, -0.15) is 0 Å². The van der Waals surface area contributed by atoms with Gasteiger partial charge in [0, 0.05) is 0 Å². The minimum atomic E-state index is -0.160. The highest BCUT2D eigenvalue weighted by Crippen LogP contribution is 2.36. The van der Waals surface area contributed by atoms with E-state index in [4.69, 9.17) is 18.6 Å².